The average Bonchev–Trinajstić information content (AvgIpc) is 3.14. The van der Waals surface area contributed by atoms with Gasteiger partial charge in [-0.25, -0.2) is 4.68 Å². The van der Waals surface area contributed by atoms with Crippen LogP contribution in [0.1, 0.15) is 40.5 Å². The molecule has 1 atom stereocenters. The number of nitrogens with zero attached hydrogens (tertiary/aromatic N) is 3. The van der Waals surface area contributed by atoms with Crippen LogP contribution in [0.2, 0.25) is 0 Å². The van der Waals surface area contributed by atoms with Crippen LogP contribution in [0.25, 0.3) is 5.69 Å². The lowest BCUT2D eigenvalue weighted by atomic mass is 9.90. The Kier molecular flexibility index (Phi) is 4.14. The molecule has 25 heavy (non-hydrogen) atoms. The van der Waals surface area contributed by atoms with Gasteiger partial charge in [0, 0.05) is 13.1 Å². The van der Waals surface area contributed by atoms with Gasteiger partial charge < -0.3 is 10.0 Å². The number of aromatic nitrogens is 2. The van der Waals surface area contributed by atoms with Gasteiger partial charge in [0.1, 0.15) is 0 Å². The maximum Gasteiger partial charge on any atom is 0.311 e. The molecule has 3 rings (SSSR count). The molecule has 1 aromatic carbocycles. The van der Waals surface area contributed by atoms with Crippen molar-refractivity contribution in [2.45, 2.75) is 34.1 Å². The summed E-state index contributed by atoms with van der Waals surface area (Å²) < 4.78 is 1.78. The lowest BCUT2D eigenvalue weighted by Crippen LogP contribution is -2.35. The highest BCUT2D eigenvalue weighted by Gasteiger charge is 2.42. The van der Waals surface area contributed by atoms with Gasteiger partial charge >= 0.3 is 5.97 Å². The van der Waals surface area contributed by atoms with E-state index in [0.29, 0.717) is 18.5 Å². The summed E-state index contributed by atoms with van der Waals surface area (Å²) in [5.41, 5.74) is 3.58. The fourth-order valence-electron chi connectivity index (χ4n) is 3.29. The highest BCUT2D eigenvalue weighted by Crippen LogP contribution is 2.31. The van der Waals surface area contributed by atoms with E-state index in [-0.39, 0.29) is 12.5 Å². The van der Waals surface area contributed by atoms with E-state index in [4.69, 9.17) is 0 Å². The van der Waals surface area contributed by atoms with Crippen molar-refractivity contribution >= 4 is 11.9 Å². The zero-order valence-corrected chi connectivity index (χ0v) is 15.0. The maximum atomic E-state index is 12.9. The van der Waals surface area contributed by atoms with Crippen LogP contribution in [-0.2, 0) is 4.79 Å². The van der Waals surface area contributed by atoms with Crippen molar-refractivity contribution in [3.05, 3.63) is 46.8 Å². The molecule has 1 saturated heterocycles. The molecule has 1 aliphatic heterocycles. The van der Waals surface area contributed by atoms with Gasteiger partial charge in [0.05, 0.1) is 28.6 Å². The molecule has 1 aromatic heterocycles. The number of amides is 1. The van der Waals surface area contributed by atoms with Crippen molar-refractivity contribution in [3.63, 3.8) is 0 Å². The smallest absolute Gasteiger partial charge is 0.311 e. The Labute approximate surface area is 147 Å². The van der Waals surface area contributed by atoms with E-state index in [1.54, 1.807) is 22.7 Å². The van der Waals surface area contributed by atoms with E-state index in [1.165, 1.54) is 0 Å². The predicted octanol–water partition coefficient (Wildman–Crippen LogP) is 2.73. The van der Waals surface area contributed by atoms with Gasteiger partial charge in [-0.2, -0.15) is 5.10 Å². The third-order valence-corrected chi connectivity index (χ3v) is 5.11. The van der Waals surface area contributed by atoms with E-state index in [9.17, 15) is 14.7 Å². The number of carbonyl (C=O) groups excluding carboxylic acids is 1. The molecule has 0 aliphatic carbocycles. The van der Waals surface area contributed by atoms with E-state index in [2.05, 4.69) is 5.10 Å². The molecule has 2 aromatic rings. The SMILES string of the molecule is Cc1ccc(C)c(-n2ncc(C(=O)N3CCC(C)(C(=O)O)C3)c2C)c1. The predicted molar refractivity (Wildman–Crippen MR) is 94.0 cm³/mol. The number of aliphatic carboxylic acids is 1. The first-order valence-electron chi connectivity index (χ1n) is 8.38. The standard InChI is InChI=1S/C19H23N3O3/c1-12-5-6-13(2)16(9-12)22-14(3)15(10-20-22)17(23)21-8-7-19(4,11-21)18(24)25/h5-6,9-10H,7-8,11H2,1-4H3,(H,24,25). The van der Waals surface area contributed by atoms with E-state index < -0.39 is 11.4 Å². The summed E-state index contributed by atoms with van der Waals surface area (Å²) in [5.74, 6) is -1.01. The third-order valence-electron chi connectivity index (χ3n) is 5.11. The number of carboxylic acid groups (broad SMARTS) is 1. The summed E-state index contributed by atoms with van der Waals surface area (Å²) in [6.07, 6.45) is 2.05. The highest BCUT2D eigenvalue weighted by molar-refractivity contribution is 5.96. The van der Waals surface area contributed by atoms with Crippen LogP contribution in [0.15, 0.2) is 24.4 Å². The summed E-state index contributed by atoms with van der Waals surface area (Å²) in [4.78, 5) is 25.9. The van der Waals surface area contributed by atoms with Crippen molar-refractivity contribution in [2.24, 2.45) is 5.41 Å². The maximum absolute atomic E-state index is 12.9. The fourth-order valence-corrected chi connectivity index (χ4v) is 3.29. The Morgan fingerprint density at radius 1 is 1.24 bits per heavy atom. The number of hydrogen-bond acceptors (Lipinski definition) is 3. The molecule has 6 nitrogen and oxygen atoms in total. The van der Waals surface area contributed by atoms with Crippen molar-refractivity contribution in [1.82, 2.24) is 14.7 Å². The molecule has 1 unspecified atom stereocenters. The van der Waals surface area contributed by atoms with Gasteiger partial charge in [0.25, 0.3) is 5.91 Å². The number of rotatable bonds is 3. The van der Waals surface area contributed by atoms with Crippen molar-refractivity contribution in [3.8, 4) is 5.69 Å². The topological polar surface area (TPSA) is 75.4 Å². The first kappa shape index (κ1) is 17.2. The molecule has 1 amide bonds. The number of carboxylic acids is 1. The Bertz CT molecular complexity index is 856. The van der Waals surface area contributed by atoms with Gasteiger partial charge in [0.2, 0.25) is 0 Å². The second-order valence-electron chi connectivity index (χ2n) is 7.19. The van der Waals surface area contributed by atoms with E-state index in [0.717, 1.165) is 22.5 Å². The summed E-state index contributed by atoms with van der Waals surface area (Å²) in [7, 11) is 0. The van der Waals surface area contributed by atoms with Gasteiger partial charge in [-0.1, -0.05) is 12.1 Å². The first-order valence-corrected chi connectivity index (χ1v) is 8.38. The Hall–Kier alpha value is -2.63. The van der Waals surface area contributed by atoms with Gasteiger partial charge in [-0.3, -0.25) is 9.59 Å². The fraction of sp³-hybridized carbons (Fsp3) is 0.421. The Morgan fingerprint density at radius 2 is 1.96 bits per heavy atom. The minimum atomic E-state index is -0.868. The van der Waals surface area contributed by atoms with Crippen molar-refractivity contribution in [2.75, 3.05) is 13.1 Å². The van der Waals surface area contributed by atoms with E-state index >= 15 is 0 Å². The largest absolute Gasteiger partial charge is 0.481 e. The average molecular weight is 341 g/mol. The van der Waals surface area contributed by atoms with Gasteiger partial charge in [-0.15, -0.1) is 0 Å². The van der Waals surface area contributed by atoms with Gasteiger partial charge in [0.15, 0.2) is 0 Å². The quantitative estimate of drug-likeness (QED) is 0.931. The van der Waals surface area contributed by atoms with Gasteiger partial charge in [-0.05, 0) is 51.3 Å². The monoisotopic (exact) mass is 341 g/mol. The Morgan fingerprint density at radius 3 is 2.60 bits per heavy atom. The number of likely N-dealkylation sites (tertiary alicyclic amines) is 1. The highest BCUT2D eigenvalue weighted by atomic mass is 16.4. The second-order valence-corrected chi connectivity index (χ2v) is 7.19. The van der Waals surface area contributed by atoms with Crippen LogP contribution in [0.4, 0.5) is 0 Å². The molecule has 6 heteroatoms. The number of benzene rings is 1. The molecule has 0 radical (unpaired) electrons. The lowest BCUT2D eigenvalue weighted by molar-refractivity contribution is -0.147. The molecule has 0 spiro atoms. The summed E-state index contributed by atoms with van der Waals surface area (Å²) in [6.45, 7) is 8.27. The second kappa shape index (κ2) is 6.02. The van der Waals surface area contributed by atoms with Crippen LogP contribution in [0.5, 0.6) is 0 Å². The summed E-state index contributed by atoms with van der Waals surface area (Å²) >= 11 is 0. The first-order chi connectivity index (χ1) is 11.7. The zero-order chi connectivity index (χ0) is 18.4. The summed E-state index contributed by atoms with van der Waals surface area (Å²) in [5, 5.41) is 13.8. The molecular weight excluding hydrogens is 318 g/mol. The third kappa shape index (κ3) is 2.92. The van der Waals surface area contributed by atoms with Crippen molar-refractivity contribution < 1.29 is 14.7 Å². The van der Waals surface area contributed by atoms with Crippen LogP contribution in [0, 0.1) is 26.2 Å². The molecule has 1 aliphatic rings. The molecule has 0 saturated carbocycles. The normalized spacial score (nSPS) is 20.1. The Balaban J connectivity index is 1.90. The number of hydrogen-bond donors (Lipinski definition) is 1. The number of carbonyl (C=O) groups is 2. The molecular formula is C19H23N3O3. The minimum absolute atomic E-state index is 0.154. The lowest BCUT2D eigenvalue weighted by Gasteiger charge is -2.20. The van der Waals surface area contributed by atoms with Crippen LogP contribution in [-0.4, -0.2) is 44.8 Å². The molecule has 0 bridgehead atoms. The van der Waals surface area contributed by atoms with Crippen LogP contribution >= 0.6 is 0 Å². The van der Waals surface area contributed by atoms with E-state index in [1.807, 2.05) is 39.0 Å². The molecule has 2 heterocycles. The molecule has 1 N–H and O–H groups in total. The zero-order valence-electron chi connectivity index (χ0n) is 15.0. The van der Waals surface area contributed by atoms with Crippen molar-refractivity contribution in [1.29, 1.82) is 0 Å². The van der Waals surface area contributed by atoms with Crippen LogP contribution in [0.3, 0.4) is 0 Å². The van der Waals surface area contributed by atoms with Crippen LogP contribution < -0.4 is 0 Å². The molecule has 1 fully saturated rings. The molecule has 132 valence electrons. The number of aryl methyl sites for hydroxylation is 2. The minimum Gasteiger partial charge on any atom is -0.481 e. The summed E-state index contributed by atoms with van der Waals surface area (Å²) in [6, 6.07) is 6.12.